The highest BCUT2D eigenvalue weighted by Crippen LogP contribution is 2.39. The van der Waals surface area contributed by atoms with Crippen molar-refractivity contribution in [3.63, 3.8) is 0 Å². The molecule has 5 rings (SSSR count). The zero-order chi connectivity index (χ0) is 25.6. The molecule has 186 valence electrons. The van der Waals surface area contributed by atoms with Gasteiger partial charge in [0.05, 0.1) is 34.5 Å². The molecule has 1 N–H and O–H groups in total. The first-order chi connectivity index (χ1) is 17.2. The van der Waals surface area contributed by atoms with E-state index in [1.807, 2.05) is 0 Å². The lowest BCUT2D eigenvalue weighted by atomic mass is 10.2. The van der Waals surface area contributed by atoms with Gasteiger partial charge in [-0.25, -0.2) is 8.42 Å². The minimum Gasteiger partial charge on any atom is -0.497 e. The molecule has 1 aromatic heterocycles. The number of ether oxygens (including phenoxy) is 2. The topological polar surface area (TPSA) is 107 Å². The molecule has 0 bridgehead atoms. The van der Waals surface area contributed by atoms with E-state index in [2.05, 4.69) is 5.32 Å². The van der Waals surface area contributed by atoms with E-state index in [-0.39, 0.29) is 27.8 Å². The van der Waals surface area contributed by atoms with E-state index in [0.29, 0.717) is 21.2 Å². The number of hydrogen-bond donors (Lipinski definition) is 1. The number of aryl methyl sites for hydroxylation is 1. The maximum Gasteiger partial charge on any atom is 0.307 e. The molecule has 36 heavy (non-hydrogen) atoms. The SMILES string of the molecule is COc1ccc(S(=O)(=O)N2C[C@H](C(=O)Nc3ccc4c(c3)sc(=O)n4C)Oc3ccc(Cl)cc32)cc1. The Morgan fingerprint density at radius 1 is 1.14 bits per heavy atom. The van der Waals surface area contributed by atoms with Crippen molar-refractivity contribution in [2.24, 2.45) is 7.05 Å². The smallest absolute Gasteiger partial charge is 0.307 e. The van der Waals surface area contributed by atoms with Crippen LogP contribution in [0.5, 0.6) is 11.5 Å². The second-order valence-corrected chi connectivity index (χ2v) is 11.3. The van der Waals surface area contributed by atoms with Crippen LogP contribution in [0.25, 0.3) is 10.2 Å². The van der Waals surface area contributed by atoms with Gasteiger partial charge < -0.3 is 19.4 Å². The van der Waals surface area contributed by atoms with Gasteiger partial charge in [-0.05, 0) is 60.7 Å². The molecular weight excluding hydrogens is 526 g/mol. The van der Waals surface area contributed by atoms with Gasteiger partial charge in [0.15, 0.2) is 6.10 Å². The Morgan fingerprint density at radius 3 is 2.61 bits per heavy atom. The molecule has 3 aromatic carbocycles. The number of hydrogen-bond acceptors (Lipinski definition) is 7. The average molecular weight is 546 g/mol. The summed E-state index contributed by atoms with van der Waals surface area (Å²) in [6.45, 7) is -0.269. The molecule has 0 saturated heterocycles. The second kappa shape index (κ2) is 9.16. The van der Waals surface area contributed by atoms with Gasteiger partial charge in [-0.3, -0.25) is 13.9 Å². The summed E-state index contributed by atoms with van der Waals surface area (Å²) in [5.41, 5.74) is 1.45. The summed E-state index contributed by atoms with van der Waals surface area (Å²) in [6.07, 6.45) is -1.14. The number of carbonyl (C=O) groups is 1. The van der Waals surface area contributed by atoms with Crippen LogP contribution >= 0.6 is 22.9 Å². The Bertz CT molecular complexity index is 1650. The molecule has 1 amide bonds. The van der Waals surface area contributed by atoms with Gasteiger partial charge in [-0.2, -0.15) is 0 Å². The summed E-state index contributed by atoms with van der Waals surface area (Å²) in [4.78, 5) is 25.0. The third-order valence-electron chi connectivity index (χ3n) is 5.79. The number of anilines is 2. The predicted octanol–water partition coefficient (Wildman–Crippen LogP) is 3.86. The molecule has 1 aliphatic rings. The standard InChI is InChI=1S/C24H20ClN3O6S2/c1-27-18-9-4-15(12-22(18)35-24(27)30)26-23(29)21-13-28(19-11-14(25)3-10-20(19)34-21)36(31,32)17-7-5-16(33-2)6-8-17/h3-12,21H,13H2,1-2H3,(H,26,29)/t21-/m1/s1. The van der Waals surface area contributed by atoms with Gasteiger partial charge in [0.25, 0.3) is 15.9 Å². The van der Waals surface area contributed by atoms with Crippen LogP contribution in [0.1, 0.15) is 0 Å². The zero-order valence-electron chi connectivity index (χ0n) is 19.1. The van der Waals surface area contributed by atoms with Crippen LogP contribution in [0.3, 0.4) is 0 Å². The van der Waals surface area contributed by atoms with Crippen molar-refractivity contribution in [3.8, 4) is 11.5 Å². The van der Waals surface area contributed by atoms with Crippen LogP contribution in [0.2, 0.25) is 5.02 Å². The van der Waals surface area contributed by atoms with Crippen LogP contribution in [0.4, 0.5) is 11.4 Å². The van der Waals surface area contributed by atoms with Crippen LogP contribution < -0.4 is 24.0 Å². The van der Waals surface area contributed by atoms with Crippen molar-refractivity contribution in [3.05, 3.63) is 75.4 Å². The molecule has 0 saturated carbocycles. The number of carbonyl (C=O) groups excluding carboxylic acids is 1. The maximum absolute atomic E-state index is 13.6. The minimum absolute atomic E-state index is 0.0275. The normalized spacial score (nSPS) is 15.3. The van der Waals surface area contributed by atoms with Crippen LogP contribution in [0.15, 0.2) is 70.4 Å². The Balaban J connectivity index is 1.47. The number of sulfonamides is 1. The summed E-state index contributed by atoms with van der Waals surface area (Å²) < 4.78 is 41.6. The van der Waals surface area contributed by atoms with Gasteiger partial charge in [0, 0.05) is 17.8 Å². The first-order valence-corrected chi connectivity index (χ1v) is 13.3. The van der Waals surface area contributed by atoms with Crippen molar-refractivity contribution in [2.75, 3.05) is 23.3 Å². The number of nitrogens with one attached hydrogen (secondary N) is 1. The van der Waals surface area contributed by atoms with Gasteiger partial charge in [0.1, 0.15) is 11.5 Å². The maximum atomic E-state index is 13.6. The number of fused-ring (bicyclic) bond motifs is 2. The van der Waals surface area contributed by atoms with Gasteiger partial charge in [0.2, 0.25) is 0 Å². The molecule has 0 radical (unpaired) electrons. The predicted molar refractivity (Wildman–Crippen MR) is 139 cm³/mol. The first-order valence-electron chi connectivity index (χ1n) is 10.7. The fourth-order valence-electron chi connectivity index (χ4n) is 3.90. The number of amides is 1. The lowest BCUT2D eigenvalue weighted by Crippen LogP contribution is -2.48. The van der Waals surface area contributed by atoms with Gasteiger partial charge in [-0.1, -0.05) is 22.9 Å². The van der Waals surface area contributed by atoms with Crippen molar-refractivity contribution in [1.82, 2.24) is 4.57 Å². The first kappa shape index (κ1) is 24.2. The molecule has 1 aliphatic heterocycles. The van der Waals surface area contributed by atoms with Crippen molar-refractivity contribution >= 4 is 60.5 Å². The third-order valence-corrected chi connectivity index (χ3v) is 8.81. The van der Waals surface area contributed by atoms with Gasteiger partial charge >= 0.3 is 4.87 Å². The number of methoxy groups -OCH3 is 1. The summed E-state index contributed by atoms with van der Waals surface area (Å²) in [7, 11) is -0.898. The van der Waals surface area contributed by atoms with E-state index in [0.717, 1.165) is 21.2 Å². The lowest BCUT2D eigenvalue weighted by Gasteiger charge is -2.34. The Kier molecular flexibility index (Phi) is 6.15. The van der Waals surface area contributed by atoms with Crippen LogP contribution in [-0.2, 0) is 21.9 Å². The van der Waals surface area contributed by atoms with E-state index >= 15 is 0 Å². The van der Waals surface area contributed by atoms with Gasteiger partial charge in [-0.15, -0.1) is 0 Å². The zero-order valence-corrected chi connectivity index (χ0v) is 21.5. The number of halogens is 1. The fraction of sp³-hybridized carbons (Fsp3) is 0.167. The van der Waals surface area contributed by atoms with E-state index < -0.39 is 22.0 Å². The highest BCUT2D eigenvalue weighted by Gasteiger charge is 2.38. The monoisotopic (exact) mass is 545 g/mol. The highest BCUT2D eigenvalue weighted by molar-refractivity contribution is 7.92. The largest absolute Gasteiger partial charge is 0.497 e. The summed E-state index contributed by atoms with van der Waals surface area (Å²) in [5, 5.41) is 3.09. The molecular formula is C24H20ClN3O6S2. The Labute approximate surface area is 215 Å². The summed E-state index contributed by atoms with van der Waals surface area (Å²) in [5.74, 6) is 0.185. The van der Waals surface area contributed by atoms with E-state index in [1.165, 1.54) is 35.9 Å². The molecule has 0 fully saturated rings. The van der Waals surface area contributed by atoms with E-state index in [9.17, 15) is 18.0 Å². The molecule has 0 spiro atoms. The average Bonchev–Trinajstić information content (AvgIpc) is 3.15. The minimum atomic E-state index is -4.06. The quantitative estimate of drug-likeness (QED) is 0.408. The molecule has 2 heterocycles. The second-order valence-electron chi connectivity index (χ2n) is 8.03. The molecule has 0 aliphatic carbocycles. The van der Waals surface area contributed by atoms with Crippen LogP contribution in [0, 0.1) is 0 Å². The van der Waals surface area contributed by atoms with E-state index in [4.69, 9.17) is 21.1 Å². The number of benzene rings is 3. The van der Waals surface area contributed by atoms with Crippen LogP contribution in [-0.4, -0.2) is 38.7 Å². The van der Waals surface area contributed by atoms with Crippen molar-refractivity contribution < 1.29 is 22.7 Å². The van der Waals surface area contributed by atoms with Crippen molar-refractivity contribution in [2.45, 2.75) is 11.0 Å². The van der Waals surface area contributed by atoms with Crippen molar-refractivity contribution in [1.29, 1.82) is 0 Å². The Morgan fingerprint density at radius 2 is 1.89 bits per heavy atom. The highest BCUT2D eigenvalue weighted by atomic mass is 35.5. The number of rotatable bonds is 5. The number of aromatic nitrogens is 1. The fourth-order valence-corrected chi connectivity index (χ4v) is 6.45. The third kappa shape index (κ3) is 4.29. The molecule has 0 unspecified atom stereocenters. The number of nitrogens with zero attached hydrogens (tertiary/aromatic N) is 2. The number of thiazole rings is 1. The van der Waals surface area contributed by atoms with E-state index in [1.54, 1.807) is 43.4 Å². The Hall–Kier alpha value is -3.54. The summed E-state index contributed by atoms with van der Waals surface area (Å²) in [6, 6.07) is 15.6. The lowest BCUT2D eigenvalue weighted by molar-refractivity contribution is -0.122. The molecule has 4 aromatic rings. The summed E-state index contributed by atoms with van der Waals surface area (Å²) >= 11 is 7.22. The molecule has 12 heteroatoms. The molecule has 1 atom stereocenters. The molecule has 9 nitrogen and oxygen atoms in total.